The summed E-state index contributed by atoms with van der Waals surface area (Å²) in [5, 5.41) is 6.61. The van der Waals surface area contributed by atoms with Gasteiger partial charge in [-0.2, -0.15) is 0 Å². The minimum Gasteiger partial charge on any atom is -0.345 e. The van der Waals surface area contributed by atoms with Crippen LogP contribution in [0.2, 0.25) is 24.2 Å². The second kappa shape index (κ2) is 15.4. The van der Waals surface area contributed by atoms with Crippen LogP contribution in [0.3, 0.4) is 0 Å². The highest BCUT2D eigenvalue weighted by Gasteiger charge is 2.47. The molecule has 4 aliphatic heterocycles. The van der Waals surface area contributed by atoms with Gasteiger partial charge in [-0.05, 0) is 148 Å². The van der Waals surface area contributed by atoms with E-state index in [1.54, 1.807) is 20.7 Å². The number of benzene rings is 8. The van der Waals surface area contributed by atoms with Gasteiger partial charge < -0.3 is 9.80 Å². The number of nitrogens with zero attached hydrogens (tertiary/aromatic N) is 2. The highest BCUT2D eigenvalue weighted by molar-refractivity contribution is 7.05. The van der Waals surface area contributed by atoms with E-state index in [1.807, 2.05) is 0 Å². The molecule has 5 aliphatic rings. The Bertz CT molecular complexity index is 3040. The fraction of sp³-hybridized carbons (Fsp3) is 0.238. The summed E-state index contributed by atoms with van der Waals surface area (Å²) in [4.78, 5) is 4.94. The van der Waals surface area contributed by atoms with Gasteiger partial charge in [0.05, 0.1) is 0 Å². The monoisotopic (exact) mass is 900 g/mol. The highest BCUT2D eigenvalue weighted by Crippen LogP contribution is 2.51. The second-order valence-electron chi connectivity index (χ2n) is 21.2. The van der Waals surface area contributed by atoms with Gasteiger partial charge >= 0.3 is 0 Å². The van der Waals surface area contributed by atoms with E-state index in [9.17, 15) is 0 Å². The normalized spacial score (nSPS) is 17.9. The van der Waals surface area contributed by atoms with Crippen molar-refractivity contribution in [1.82, 2.24) is 0 Å². The lowest BCUT2D eigenvalue weighted by Crippen LogP contribution is -2.63. The molecule has 4 heteroatoms. The van der Waals surface area contributed by atoms with Gasteiger partial charge in [0.2, 0.25) is 0 Å². The molecule has 0 N–H and O–H groups in total. The zero-order chi connectivity index (χ0) is 45.1. The Labute approximate surface area is 400 Å². The first-order valence-corrected chi connectivity index (χ1v) is 30.0. The molecule has 330 valence electrons. The zero-order valence-corrected chi connectivity index (χ0v) is 41.6. The van der Waals surface area contributed by atoms with Gasteiger partial charge in [-0.3, -0.25) is 0 Å². The van der Waals surface area contributed by atoms with Crippen molar-refractivity contribution in [1.29, 1.82) is 0 Å². The van der Waals surface area contributed by atoms with Crippen LogP contribution >= 0.6 is 0 Å². The van der Waals surface area contributed by atoms with Crippen molar-refractivity contribution < 1.29 is 0 Å². The molecule has 2 spiro atoms. The third kappa shape index (κ3) is 6.18. The SMILES string of the molecule is CN1c2ccccc2[Si]2(CCCCC2)c2ccc(-c3ccc(-c4ccc5c(c4)C(C)(C)c4cc(-c6ccc(-c7ccc8c(c7)N(C)c7ccccc7[Si]87CCCCC7)cc6)ccc4-5)cc3)cc21. The van der Waals surface area contributed by atoms with Crippen molar-refractivity contribution in [2.24, 2.45) is 0 Å². The molecular formula is C63H60N2Si2. The summed E-state index contributed by atoms with van der Waals surface area (Å²) in [6.07, 6.45) is 8.21. The van der Waals surface area contributed by atoms with Gasteiger partial charge in [-0.1, -0.05) is 186 Å². The van der Waals surface area contributed by atoms with Crippen LogP contribution in [0.15, 0.2) is 170 Å². The Morgan fingerprint density at radius 1 is 0.328 bits per heavy atom. The average Bonchev–Trinajstić information content (AvgIpc) is 3.62. The van der Waals surface area contributed by atoms with Crippen molar-refractivity contribution in [2.45, 2.75) is 82.0 Å². The number of anilines is 4. The Morgan fingerprint density at radius 2 is 0.642 bits per heavy atom. The molecule has 2 fully saturated rings. The molecule has 8 aromatic rings. The minimum atomic E-state index is -1.77. The summed E-state index contributed by atoms with van der Waals surface area (Å²) in [5.74, 6) is 0. The first-order chi connectivity index (χ1) is 32.7. The topological polar surface area (TPSA) is 6.48 Å². The molecule has 0 atom stereocenters. The first kappa shape index (κ1) is 41.0. The Hall–Kier alpha value is -6.21. The largest absolute Gasteiger partial charge is 0.345 e. The van der Waals surface area contributed by atoms with Crippen LogP contribution in [0.5, 0.6) is 0 Å². The summed E-state index contributed by atoms with van der Waals surface area (Å²) in [6, 6.07) is 72.0. The van der Waals surface area contributed by atoms with Crippen LogP contribution in [-0.4, -0.2) is 30.2 Å². The zero-order valence-electron chi connectivity index (χ0n) is 39.6. The van der Waals surface area contributed by atoms with E-state index in [-0.39, 0.29) is 5.41 Å². The maximum atomic E-state index is 2.52. The number of hydrogen-bond acceptors (Lipinski definition) is 2. The molecule has 0 unspecified atom stereocenters. The minimum absolute atomic E-state index is 0.115. The summed E-state index contributed by atoms with van der Waals surface area (Å²) in [7, 11) is 1.02. The third-order valence-electron chi connectivity index (χ3n) is 17.5. The fourth-order valence-electron chi connectivity index (χ4n) is 13.9. The molecule has 2 saturated heterocycles. The lowest BCUT2D eigenvalue weighted by atomic mass is 9.80. The number of para-hydroxylation sites is 2. The molecule has 8 aromatic carbocycles. The van der Waals surface area contributed by atoms with Gasteiger partial charge in [0, 0.05) is 42.3 Å². The molecule has 67 heavy (non-hydrogen) atoms. The van der Waals surface area contributed by atoms with Crippen LogP contribution in [0.25, 0.3) is 55.6 Å². The molecular weight excluding hydrogens is 841 g/mol. The molecule has 13 rings (SSSR count). The van der Waals surface area contributed by atoms with E-state index >= 15 is 0 Å². The predicted octanol–water partition coefficient (Wildman–Crippen LogP) is 14.3. The molecule has 0 bridgehead atoms. The molecule has 0 radical (unpaired) electrons. The van der Waals surface area contributed by atoms with Gasteiger partial charge in [0.1, 0.15) is 16.1 Å². The van der Waals surface area contributed by atoms with Gasteiger partial charge in [-0.15, -0.1) is 0 Å². The van der Waals surface area contributed by atoms with Crippen LogP contribution in [0, 0.1) is 0 Å². The van der Waals surface area contributed by atoms with E-state index in [0.29, 0.717) is 0 Å². The number of rotatable bonds is 4. The quantitative estimate of drug-likeness (QED) is 0.162. The molecule has 2 nitrogen and oxygen atoms in total. The van der Waals surface area contributed by atoms with Crippen molar-refractivity contribution >= 4 is 59.6 Å². The van der Waals surface area contributed by atoms with Gasteiger partial charge in [0.15, 0.2) is 0 Å². The summed E-state index contributed by atoms with van der Waals surface area (Å²) < 4.78 is 0. The number of fused-ring (bicyclic) bond motifs is 11. The predicted molar refractivity (Wildman–Crippen MR) is 292 cm³/mol. The molecule has 0 aromatic heterocycles. The molecule has 0 amide bonds. The van der Waals surface area contributed by atoms with Crippen molar-refractivity contribution in [3.8, 4) is 55.6 Å². The average molecular weight is 901 g/mol. The fourth-order valence-corrected chi connectivity index (χ4v) is 25.1. The third-order valence-corrected chi connectivity index (χ3v) is 28.1. The molecule has 1 aliphatic carbocycles. The standard InChI is InChI=1S/C63H60N2Si2/c1-63(2)53-39-47(43-19-23-45(24-20-43)49-29-33-61-57(41-49)64(3)55-15-7-9-17-59(55)66(61)35-11-5-12-36-66)27-31-51(53)52-32-28-48(40-54(52)63)44-21-25-46(26-22-44)50-30-34-62-58(42-50)65(4)56-16-8-10-18-60(56)67(62)37-13-6-14-38-67/h7-10,15-34,39-42H,5-6,11-14,35-38H2,1-4H3. The number of hydrogen-bond donors (Lipinski definition) is 0. The van der Waals surface area contributed by atoms with Crippen molar-refractivity contribution in [3.05, 3.63) is 181 Å². The lowest BCUT2D eigenvalue weighted by molar-refractivity contribution is 0.661. The smallest absolute Gasteiger partial charge is 0.123 e. The highest BCUT2D eigenvalue weighted by atomic mass is 28.3. The van der Waals surface area contributed by atoms with E-state index in [2.05, 4.69) is 208 Å². The Balaban J connectivity index is 0.760. The summed E-state index contributed by atoms with van der Waals surface area (Å²) >= 11 is 0. The maximum absolute atomic E-state index is 2.52. The van der Waals surface area contributed by atoms with E-state index < -0.39 is 16.1 Å². The first-order valence-electron chi connectivity index (χ1n) is 25.2. The Morgan fingerprint density at radius 3 is 1.03 bits per heavy atom. The van der Waals surface area contributed by atoms with Gasteiger partial charge in [-0.25, -0.2) is 0 Å². The van der Waals surface area contributed by atoms with Crippen LogP contribution < -0.4 is 30.5 Å². The van der Waals surface area contributed by atoms with E-state index in [0.717, 1.165) is 0 Å². The van der Waals surface area contributed by atoms with Crippen LogP contribution in [-0.2, 0) is 5.41 Å². The Kier molecular flexibility index (Phi) is 9.44. The van der Waals surface area contributed by atoms with Crippen molar-refractivity contribution in [3.63, 3.8) is 0 Å². The summed E-state index contributed by atoms with van der Waals surface area (Å²) in [5.41, 5.74) is 21.4. The van der Waals surface area contributed by atoms with Crippen molar-refractivity contribution in [2.75, 3.05) is 23.9 Å². The molecule has 4 heterocycles. The van der Waals surface area contributed by atoms with E-state index in [4.69, 9.17) is 0 Å². The van der Waals surface area contributed by atoms with Gasteiger partial charge in [0.25, 0.3) is 0 Å². The lowest BCUT2D eigenvalue weighted by Gasteiger charge is -2.45. The maximum Gasteiger partial charge on any atom is 0.123 e. The van der Waals surface area contributed by atoms with Crippen LogP contribution in [0.4, 0.5) is 22.7 Å². The second-order valence-corrected chi connectivity index (χ2v) is 29.7. The van der Waals surface area contributed by atoms with Crippen LogP contribution in [0.1, 0.15) is 63.5 Å². The molecule has 0 saturated carbocycles. The summed E-state index contributed by atoms with van der Waals surface area (Å²) in [6.45, 7) is 4.82. The van der Waals surface area contributed by atoms with E-state index in [1.165, 1.54) is 152 Å².